The lowest BCUT2D eigenvalue weighted by atomic mass is 10.3. The fraction of sp³-hybridized carbons (Fsp3) is 0. The molecule has 0 saturated heterocycles. The molecular weight excluding hydrogens is 276 g/mol. The van der Waals surface area contributed by atoms with Crippen LogP contribution in [0.15, 0.2) is 41.6 Å². The van der Waals surface area contributed by atoms with Gasteiger partial charge in [-0.25, -0.2) is 23.1 Å². The van der Waals surface area contributed by atoms with Gasteiger partial charge in [-0.1, -0.05) is 11.6 Å². The van der Waals surface area contributed by atoms with Gasteiger partial charge in [-0.3, -0.25) is 0 Å². The van der Waals surface area contributed by atoms with E-state index in [2.05, 4.69) is 14.7 Å². The summed E-state index contributed by atoms with van der Waals surface area (Å²) in [6.45, 7) is 0. The number of hydrogen-bond donors (Lipinski definition) is 2. The Kier molecular flexibility index (Phi) is 3.35. The molecule has 2 rings (SSSR count). The van der Waals surface area contributed by atoms with Crippen molar-refractivity contribution in [3.63, 3.8) is 0 Å². The molecule has 0 unspecified atom stereocenters. The molecule has 18 heavy (non-hydrogen) atoms. The second kappa shape index (κ2) is 4.79. The summed E-state index contributed by atoms with van der Waals surface area (Å²) in [4.78, 5) is 7.58. The SMILES string of the molecule is Nc1ccc(S(=O)(=O)Nc2ncc(Cl)cn2)cc1. The minimum atomic E-state index is -3.72. The lowest BCUT2D eigenvalue weighted by Gasteiger charge is -2.06. The third-order valence-electron chi connectivity index (χ3n) is 2.04. The number of aromatic nitrogens is 2. The van der Waals surface area contributed by atoms with Crippen LogP contribution in [0.5, 0.6) is 0 Å². The van der Waals surface area contributed by atoms with Crippen molar-refractivity contribution in [3.8, 4) is 0 Å². The molecule has 0 saturated carbocycles. The van der Waals surface area contributed by atoms with Crippen molar-refractivity contribution in [1.82, 2.24) is 9.97 Å². The van der Waals surface area contributed by atoms with Gasteiger partial charge >= 0.3 is 0 Å². The molecular formula is C10H9ClN4O2S. The Morgan fingerprint density at radius 2 is 1.67 bits per heavy atom. The van der Waals surface area contributed by atoms with Crippen molar-refractivity contribution in [1.29, 1.82) is 0 Å². The minimum Gasteiger partial charge on any atom is -0.399 e. The molecule has 0 spiro atoms. The number of nitrogens with two attached hydrogens (primary N) is 1. The van der Waals surface area contributed by atoms with E-state index in [1.54, 1.807) is 0 Å². The molecule has 8 heteroatoms. The van der Waals surface area contributed by atoms with Crippen molar-refractivity contribution in [2.75, 3.05) is 10.5 Å². The summed E-state index contributed by atoms with van der Waals surface area (Å²) >= 11 is 5.60. The van der Waals surface area contributed by atoms with E-state index in [0.717, 1.165) is 0 Å². The number of anilines is 2. The maximum absolute atomic E-state index is 11.9. The molecule has 0 bridgehead atoms. The Bertz CT molecular complexity index is 641. The van der Waals surface area contributed by atoms with Crippen LogP contribution in [-0.2, 0) is 10.0 Å². The molecule has 6 nitrogen and oxygen atoms in total. The second-order valence-corrected chi connectivity index (χ2v) is 5.52. The van der Waals surface area contributed by atoms with Crippen molar-refractivity contribution >= 4 is 33.3 Å². The lowest BCUT2D eigenvalue weighted by Crippen LogP contribution is -2.14. The molecule has 0 atom stereocenters. The third-order valence-corrected chi connectivity index (χ3v) is 3.58. The van der Waals surface area contributed by atoms with Crippen LogP contribution in [0.4, 0.5) is 11.6 Å². The molecule has 0 amide bonds. The van der Waals surface area contributed by atoms with Crippen LogP contribution in [0.1, 0.15) is 0 Å². The first-order valence-corrected chi connectivity index (χ1v) is 6.69. The predicted molar refractivity (Wildman–Crippen MR) is 68.7 cm³/mol. The van der Waals surface area contributed by atoms with Gasteiger partial charge in [-0.15, -0.1) is 0 Å². The van der Waals surface area contributed by atoms with Crippen LogP contribution in [-0.4, -0.2) is 18.4 Å². The number of rotatable bonds is 3. The molecule has 0 radical (unpaired) electrons. The number of nitrogen functional groups attached to an aromatic ring is 1. The summed E-state index contributed by atoms with van der Waals surface area (Å²) in [6.07, 6.45) is 2.60. The van der Waals surface area contributed by atoms with Gasteiger partial charge in [-0.05, 0) is 24.3 Å². The summed E-state index contributed by atoms with van der Waals surface area (Å²) in [5, 5.41) is 0.324. The highest BCUT2D eigenvalue weighted by Gasteiger charge is 2.15. The fourth-order valence-corrected chi connectivity index (χ4v) is 2.25. The average Bonchev–Trinajstić information content (AvgIpc) is 2.32. The van der Waals surface area contributed by atoms with E-state index in [9.17, 15) is 8.42 Å². The van der Waals surface area contributed by atoms with Gasteiger partial charge in [0.2, 0.25) is 5.95 Å². The molecule has 0 aliphatic heterocycles. The molecule has 0 fully saturated rings. The van der Waals surface area contributed by atoms with Crippen LogP contribution in [0.25, 0.3) is 0 Å². The van der Waals surface area contributed by atoms with E-state index in [0.29, 0.717) is 10.7 Å². The zero-order valence-electron chi connectivity index (χ0n) is 9.04. The van der Waals surface area contributed by atoms with E-state index < -0.39 is 10.0 Å². The average molecular weight is 285 g/mol. The summed E-state index contributed by atoms with van der Waals surface area (Å²) in [5.41, 5.74) is 5.97. The van der Waals surface area contributed by atoms with Crippen LogP contribution < -0.4 is 10.5 Å². The first kappa shape index (κ1) is 12.6. The molecule has 0 aliphatic rings. The number of nitrogens with zero attached hydrogens (tertiary/aromatic N) is 2. The highest BCUT2D eigenvalue weighted by Crippen LogP contribution is 2.15. The smallest absolute Gasteiger partial charge is 0.264 e. The van der Waals surface area contributed by atoms with E-state index >= 15 is 0 Å². The van der Waals surface area contributed by atoms with Crippen LogP contribution in [0.2, 0.25) is 5.02 Å². The molecule has 1 heterocycles. The van der Waals surface area contributed by atoms with Crippen molar-refractivity contribution < 1.29 is 8.42 Å². The number of sulfonamides is 1. The topological polar surface area (TPSA) is 98.0 Å². The minimum absolute atomic E-state index is 0.0452. The Morgan fingerprint density at radius 1 is 1.11 bits per heavy atom. The van der Waals surface area contributed by atoms with E-state index in [1.807, 2.05) is 0 Å². The van der Waals surface area contributed by atoms with Gasteiger partial charge in [0.1, 0.15) is 0 Å². The quantitative estimate of drug-likeness (QED) is 0.833. The van der Waals surface area contributed by atoms with Gasteiger partial charge in [-0.2, -0.15) is 0 Å². The van der Waals surface area contributed by atoms with Crippen molar-refractivity contribution in [2.45, 2.75) is 4.90 Å². The molecule has 3 N–H and O–H groups in total. The normalized spacial score (nSPS) is 11.2. The van der Waals surface area contributed by atoms with E-state index in [-0.39, 0.29) is 10.8 Å². The van der Waals surface area contributed by atoms with Gasteiger partial charge < -0.3 is 5.73 Å². The molecule has 94 valence electrons. The molecule has 0 aliphatic carbocycles. The summed E-state index contributed by atoms with van der Waals surface area (Å²) in [7, 11) is -3.72. The molecule has 1 aromatic carbocycles. The fourth-order valence-electron chi connectivity index (χ4n) is 1.19. The Labute approximate surface area is 109 Å². The first-order chi connectivity index (χ1) is 8.47. The largest absolute Gasteiger partial charge is 0.399 e. The van der Waals surface area contributed by atoms with E-state index in [4.69, 9.17) is 17.3 Å². The number of hydrogen-bond acceptors (Lipinski definition) is 5. The Balaban J connectivity index is 2.27. The van der Waals surface area contributed by atoms with Gasteiger partial charge in [0.25, 0.3) is 10.0 Å². The first-order valence-electron chi connectivity index (χ1n) is 4.83. The van der Waals surface area contributed by atoms with Crippen molar-refractivity contribution in [2.24, 2.45) is 0 Å². The highest BCUT2D eigenvalue weighted by molar-refractivity contribution is 7.92. The van der Waals surface area contributed by atoms with Crippen molar-refractivity contribution in [3.05, 3.63) is 41.7 Å². The van der Waals surface area contributed by atoms with Gasteiger partial charge in [0.05, 0.1) is 22.3 Å². The number of nitrogens with one attached hydrogen (secondary N) is 1. The second-order valence-electron chi connectivity index (χ2n) is 3.40. The van der Waals surface area contributed by atoms with Gasteiger partial charge in [0.15, 0.2) is 0 Å². The van der Waals surface area contributed by atoms with Crippen LogP contribution >= 0.6 is 11.6 Å². The predicted octanol–water partition coefficient (Wildman–Crippen LogP) is 1.51. The zero-order chi connectivity index (χ0) is 13.2. The maximum atomic E-state index is 11.9. The number of benzene rings is 1. The summed E-state index contributed by atoms with van der Waals surface area (Å²) in [5.74, 6) is -0.0452. The lowest BCUT2D eigenvalue weighted by molar-refractivity contribution is 0.601. The third kappa shape index (κ3) is 2.88. The molecule has 2 aromatic rings. The Morgan fingerprint density at radius 3 is 2.22 bits per heavy atom. The van der Waals surface area contributed by atoms with Gasteiger partial charge in [0, 0.05) is 5.69 Å². The maximum Gasteiger partial charge on any atom is 0.264 e. The molecule has 1 aromatic heterocycles. The van der Waals surface area contributed by atoms with Crippen LogP contribution in [0.3, 0.4) is 0 Å². The summed E-state index contributed by atoms with van der Waals surface area (Å²) in [6, 6.07) is 5.79. The monoisotopic (exact) mass is 284 g/mol. The summed E-state index contributed by atoms with van der Waals surface area (Å²) < 4.78 is 26.1. The van der Waals surface area contributed by atoms with E-state index in [1.165, 1.54) is 36.7 Å². The van der Waals surface area contributed by atoms with Crippen LogP contribution in [0, 0.1) is 0 Å². The Hall–Kier alpha value is -1.86. The zero-order valence-corrected chi connectivity index (χ0v) is 10.6. The number of halogens is 1. The highest BCUT2D eigenvalue weighted by atomic mass is 35.5. The standard InChI is InChI=1S/C10H9ClN4O2S/c11-7-5-13-10(14-6-7)15-18(16,17)9-3-1-8(12)2-4-9/h1-6H,12H2,(H,13,14,15).